The second-order valence-electron chi connectivity index (χ2n) is 6.37. The molecule has 2 aromatic rings. The summed E-state index contributed by atoms with van der Waals surface area (Å²) in [4.78, 5) is 24.5. The van der Waals surface area contributed by atoms with Crippen LogP contribution >= 0.6 is 0 Å². The third-order valence-electron chi connectivity index (χ3n) is 4.69. The van der Waals surface area contributed by atoms with Crippen molar-refractivity contribution in [1.82, 2.24) is 10.1 Å². The lowest BCUT2D eigenvalue weighted by Gasteiger charge is -2.38. The molecule has 0 spiro atoms. The third kappa shape index (κ3) is 3.73. The maximum atomic E-state index is 14.0. The summed E-state index contributed by atoms with van der Waals surface area (Å²) >= 11 is 0. The van der Waals surface area contributed by atoms with Crippen LogP contribution in [0.3, 0.4) is 0 Å². The molecule has 0 radical (unpaired) electrons. The number of likely N-dealkylation sites (tertiary alicyclic amines) is 1. The van der Waals surface area contributed by atoms with Crippen molar-refractivity contribution in [3.63, 3.8) is 0 Å². The molecule has 1 amide bonds. The van der Waals surface area contributed by atoms with Crippen LogP contribution in [-0.2, 0) is 10.9 Å². The van der Waals surface area contributed by atoms with Crippen LogP contribution < -0.4 is 5.56 Å². The number of hydrogen-bond donors (Lipinski definition) is 1. The topological polar surface area (TPSA) is 75.5 Å². The summed E-state index contributed by atoms with van der Waals surface area (Å²) in [7, 11) is 1.12. The van der Waals surface area contributed by atoms with E-state index in [1.54, 1.807) is 0 Å². The number of aromatic nitrogens is 1. The Morgan fingerprint density at radius 2 is 1.89 bits per heavy atom. The smallest absolute Gasteiger partial charge is 0.422 e. The van der Waals surface area contributed by atoms with E-state index < -0.39 is 47.0 Å². The molecule has 1 aliphatic rings. The number of H-pyrrole nitrogens is 1. The number of piperidine rings is 1. The number of halogens is 5. The molecule has 11 heteroatoms. The van der Waals surface area contributed by atoms with Crippen LogP contribution in [0, 0.1) is 11.6 Å². The third-order valence-corrected chi connectivity index (χ3v) is 4.69. The molecule has 2 heterocycles. The van der Waals surface area contributed by atoms with Crippen molar-refractivity contribution in [3.05, 3.63) is 57.1 Å². The van der Waals surface area contributed by atoms with E-state index in [1.165, 1.54) is 11.0 Å². The molecule has 2 atom stereocenters. The first-order chi connectivity index (χ1) is 13.1. The Bertz CT molecular complexity index is 913. The zero-order valence-electron chi connectivity index (χ0n) is 14.5. The molecule has 0 aliphatic carbocycles. The average Bonchev–Trinajstić information content (AvgIpc) is 3.05. The molecule has 0 saturated carbocycles. The zero-order chi connectivity index (χ0) is 20.6. The summed E-state index contributed by atoms with van der Waals surface area (Å²) in [6.45, 7) is 0.0845. The molecular weight excluding hydrogens is 391 g/mol. The summed E-state index contributed by atoms with van der Waals surface area (Å²) < 4.78 is 76.2. The van der Waals surface area contributed by atoms with Crippen LogP contribution in [0.4, 0.5) is 26.7 Å². The molecule has 28 heavy (non-hydrogen) atoms. The summed E-state index contributed by atoms with van der Waals surface area (Å²) in [5.74, 6) is -3.66. The van der Waals surface area contributed by atoms with Gasteiger partial charge in [-0.25, -0.2) is 13.6 Å². The van der Waals surface area contributed by atoms with Crippen LogP contribution in [0.25, 0.3) is 0 Å². The van der Waals surface area contributed by atoms with Gasteiger partial charge < -0.3 is 14.2 Å². The Balaban J connectivity index is 2.01. The van der Waals surface area contributed by atoms with Gasteiger partial charge in [-0.15, -0.1) is 0 Å². The van der Waals surface area contributed by atoms with Crippen molar-refractivity contribution in [2.45, 2.75) is 31.0 Å². The van der Waals surface area contributed by atoms with Gasteiger partial charge in [0, 0.05) is 18.5 Å². The maximum absolute atomic E-state index is 14.0. The number of hydrogen-bond acceptors (Lipinski definition) is 4. The van der Waals surface area contributed by atoms with Gasteiger partial charge in [0.15, 0.2) is 0 Å². The van der Waals surface area contributed by atoms with Crippen molar-refractivity contribution in [2.24, 2.45) is 0 Å². The lowest BCUT2D eigenvalue weighted by Crippen LogP contribution is -2.40. The standard InChI is InChI=1S/C17H15F5N2O4/c1-27-16(26)24-3-2-8(13-7-14(25)23-28-13)6-12(24)9-4-10(18)15(11(19)5-9)17(20,21)22/h4-5,7-8,12H,2-3,6H2,1H3,(H,23,25)/t8-,12-/m0/s1. The van der Waals surface area contributed by atoms with Gasteiger partial charge in [-0.05, 0) is 30.5 Å². The van der Waals surface area contributed by atoms with E-state index in [4.69, 9.17) is 4.52 Å². The maximum Gasteiger partial charge on any atom is 0.422 e. The van der Waals surface area contributed by atoms with Gasteiger partial charge in [0.25, 0.3) is 5.56 Å². The minimum Gasteiger partial charge on any atom is -0.453 e. The molecule has 0 unspecified atom stereocenters. The Labute approximate surface area is 154 Å². The molecule has 152 valence electrons. The van der Waals surface area contributed by atoms with Crippen LogP contribution in [0.2, 0.25) is 0 Å². The highest BCUT2D eigenvalue weighted by molar-refractivity contribution is 5.68. The summed E-state index contributed by atoms with van der Waals surface area (Å²) in [5, 5.41) is 2.13. The predicted molar refractivity (Wildman–Crippen MR) is 84.5 cm³/mol. The number of carbonyl (C=O) groups excluding carboxylic acids is 1. The van der Waals surface area contributed by atoms with Gasteiger partial charge in [-0.2, -0.15) is 18.3 Å². The lowest BCUT2D eigenvalue weighted by atomic mass is 9.85. The average molecular weight is 406 g/mol. The van der Waals surface area contributed by atoms with Crippen molar-refractivity contribution >= 4 is 6.09 Å². The second-order valence-corrected chi connectivity index (χ2v) is 6.37. The first-order valence-corrected chi connectivity index (χ1v) is 8.21. The van der Waals surface area contributed by atoms with E-state index in [1.807, 2.05) is 0 Å². The highest BCUT2D eigenvalue weighted by Gasteiger charge is 2.40. The number of aromatic amines is 1. The number of rotatable bonds is 2. The number of carbonyl (C=O) groups is 1. The SMILES string of the molecule is COC(=O)N1CC[C@H](c2cc(=O)[nH]o2)C[C@H]1c1cc(F)c(C(F)(F)F)c(F)c1. The minimum absolute atomic E-state index is 0.0696. The number of methoxy groups -OCH3 is 1. The molecule has 1 aromatic heterocycles. The summed E-state index contributed by atoms with van der Waals surface area (Å²) in [5.41, 5.74) is -2.63. The van der Waals surface area contributed by atoms with Crippen molar-refractivity contribution in [3.8, 4) is 0 Å². The quantitative estimate of drug-likeness (QED) is 0.767. The van der Waals surface area contributed by atoms with Gasteiger partial charge in [-0.3, -0.25) is 4.79 Å². The molecule has 1 aliphatic heterocycles. The van der Waals surface area contributed by atoms with E-state index in [9.17, 15) is 31.5 Å². The summed E-state index contributed by atoms with van der Waals surface area (Å²) in [6.07, 6.45) is -5.56. The van der Waals surface area contributed by atoms with Crippen molar-refractivity contribution < 1.29 is 36.0 Å². The first-order valence-electron chi connectivity index (χ1n) is 8.21. The Kier molecular flexibility index (Phi) is 5.18. The van der Waals surface area contributed by atoms with E-state index in [-0.39, 0.29) is 24.3 Å². The molecule has 3 rings (SSSR count). The molecule has 6 nitrogen and oxygen atoms in total. The van der Waals surface area contributed by atoms with Gasteiger partial charge in [0.05, 0.1) is 13.2 Å². The number of nitrogens with zero attached hydrogens (tertiary/aromatic N) is 1. The fourth-order valence-electron chi connectivity index (χ4n) is 3.43. The molecule has 1 saturated heterocycles. The molecule has 1 fully saturated rings. The predicted octanol–water partition coefficient (Wildman–Crippen LogP) is 3.95. The van der Waals surface area contributed by atoms with E-state index in [2.05, 4.69) is 9.89 Å². The highest BCUT2D eigenvalue weighted by atomic mass is 19.4. The number of alkyl halides is 3. The monoisotopic (exact) mass is 406 g/mol. The van der Waals surface area contributed by atoms with Gasteiger partial charge >= 0.3 is 12.3 Å². The van der Waals surface area contributed by atoms with Gasteiger partial charge in [0.1, 0.15) is 23.0 Å². The fourth-order valence-corrected chi connectivity index (χ4v) is 3.43. The minimum atomic E-state index is -5.20. The summed E-state index contributed by atoms with van der Waals surface area (Å²) in [6, 6.07) is 1.35. The van der Waals surface area contributed by atoms with Crippen LogP contribution in [-0.4, -0.2) is 29.8 Å². The number of amides is 1. The number of nitrogens with one attached hydrogen (secondary N) is 1. The van der Waals surface area contributed by atoms with Gasteiger partial charge in [-0.1, -0.05) is 0 Å². The first kappa shape index (κ1) is 19.9. The molecular formula is C17H15F5N2O4. The Hall–Kier alpha value is -2.85. The number of ether oxygens (including phenoxy) is 1. The van der Waals surface area contributed by atoms with Crippen LogP contribution in [0.1, 0.15) is 41.7 Å². The molecule has 1 aromatic carbocycles. The van der Waals surface area contributed by atoms with Crippen molar-refractivity contribution in [1.29, 1.82) is 0 Å². The van der Waals surface area contributed by atoms with Gasteiger partial charge in [0.2, 0.25) is 0 Å². The zero-order valence-corrected chi connectivity index (χ0v) is 14.5. The Morgan fingerprint density at radius 3 is 2.39 bits per heavy atom. The normalized spacial score (nSPS) is 20.3. The Morgan fingerprint density at radius 1 is 1.25 bits per heavy atom. The fraction of sp³-hybridized carbons (Fsp3) is 0.412. The van der Waals surface area contributed by atoms with Crippen LogP contribution in [0.5, 0.6) is 0 Å². The van der Waals surface area contributed by atoms with E-state index >= 15 is 0 Å². The largest absolute Gasteiger partial charge is 0.453 e. The molecule has 0 bridgehead atoms. The molecule has 1 N–H and O–H groups in total. The van der Waals surface area contributed by atoms with Crippen LogP contribution in [0.15, 0.2) is 27.5 Å². The van der Waals surface area contributed by atoms with E-state index in [0.717, 1.165) is 7.11 Å². The van der Waals surface area contributed by atoms with E-state index in [0.29, 0.717) is 18.6 Å². The van der Waals surface area contributed by atoms with Crippen molar-refractivity contribution in [2.75, 3.05) is 13.7 Å². The number of benzene rings is 1. The lowest BCUT2D eigenvalue weighted by molar-refractivity contribution is -0.142. The second kappa shape index (κ2) is 7.28. The highest BCUT2D eigenvalue weighted by Crippen LogP contribution is 2.41.